The van der Waals surface area contributed by atoms with Crippen LogP contribution in [0.2, 0.25) is 12.6 Å². The quantitative estimate of drug-likeness (QED) is 0.0658. The molecule has 0 saturated heterocycles. The van der Waals surface area contributed by atoms with Gasteiger partial charge in [0.2, 0.25) is 0 Å². The highest BCUT2D eigenvalue weighted by Crippen LogP contribution is 2.19. The smallest absolute Gasteiger partial charge is 0.394 e. The molecule has 0 aliphatic heterocycles. The van der Waals surface area contributed by atoms with E-state index in [0.717, 1.165) is 80.7 Å². The fourth-order valence-electron chi connectivity index (χ4n) is 3.68. The monoisotopic (exact) mass is 634 g/mol. The molecule has 0 saturated carbocycles. The van der Waals surface area contributed by atoms with E-state index in [0.29, 0.717) is 19.8 Å². The molecule has 0 heterocycles. The van der Waals surface area contributed by atoms with Crippen molar-refractivity contribution >= 4 is 46.9 Å². The molecule has 1 aromatic rings. The second kappa shape index (κ2) is 26.8. The Kier molecular flexibility index (Phi) is 26.9. The van der Waals surface area contributed by atoms with Gasteiger partial charge in [-0.2, -0.15) is 11.8 Å². The van der Waals surface area contributed by atoms with Crippen LogP contribution in [0.1, 0.15) is 105 Å². The second-order valence-electron chi connectivity index (χ2n) is 10.3. The number of thiol groups is 1. The molecule has 0 radical (unpaired) electrons. The molecule has 236 valence electrons. The van der Waals surface area contributed by atoms with Crippen LogP contribution in [0.3, 0.4) is 0 Å². The topological polar surface area (TPSA) is 46.2 Å². The molecule has 0 spiro atoms. The molecular weight excluding hydrogens is 573 g/mol. The number of rotatable bonds is 25. The molecular formula is C31H62O5S2Si2. The Bertz CT molecular complexity index is 629. The summed E-state index contributed by atoms with van der Waals surface area (Å²) >= 11 is 6.29. The van der Waals surface area contributed by atoms with E-state index in [1.165, 1.54) is 25.0 Å². The third-order valence-corrected chi connectivity index (χ3v) is 13.1. The molecule has 0 unspecified atom stereocenters. The zero-order chi connectivity index (χ0) is 30.0. The average Bonchev–Trinajstić information content (AvgIpc) is 2.94. The van der Waals surface area contributed by atoms with Crippen molar-refractivity contribution in [2.45, 2.75) is 123 Å². The molecule has 0 fully saturated rings. The van der Waals surface area contributed by atoms with Crippen LogP contribution in [0.4, 0.5) is 0 Å². The van der Waals surface area contributed by atoms with Crippen LogP contribution in [0.25, 0.3) is 0 Å². The second-order valence-corrected chi connectivity index (χ2v) is 17.7. The Morgan fingerprint density at radius 2 is 0.975 bits per heavy atom. The van der Waals surface area contributed by atoms with Gasteiger partial charge in [0.05, 0.1) is 0 Å². The lowest BCUT2D eigenvalue weighted by molar-refractivity contribution is 0.0700. The van der Waals surface area contributed by atoms with Gasteiger partial charge in [-0.05, 0) is 75.3 Å². The molecule has 0 aliphatic carbocycles. The van der Waals surface area contributed by atoms with Gasteiger partial charge in [0.25, 0.3) is 0 Å². The zero-order valence-electron chi connectivity index (χ0n) is 26.9. The van der Waals surface area contributed by atoms with E-state index in [2.05, 4.69) is 60.1 Å². The van der Waals surface area contributed by atoms with Crippen LogP contribution >= 0.6 is 24.4 Å². The summed E-state index contributed by atoms with van der Waals surface area (Å²) < 4.78 is 30.9. The van der Waals surface area contributed by atoms with E-state index in [-0.39, 0.29) is 0 Å². The first-order chi connectivity index (χ1) is 19.4. The van der Waals surface area contributed by atoms with Crippen LogP contribution in [-0.4, -0.2) is 62.4 Å². The number of hydrogen-bond donors (Lipinski definition) is 1. The first-order valence-corrected chi connectivity index (χ1v) is 21.9. The van der Waals surface area contributed by atoms with E-state index in [1.807, 2.05) is 36.0 Å². The van der Waals surface area contributed by atoms with Crippen molar-refractivity contribution in [3.8, 4) is 0 Å². The maximum absolute atomic E-state index is 6.26. The largest absolute Gasteiger partial charge is 0.537 e. The van der Waals surface area contributed by atoms with Gasteiger partial charge in [-0.25, -0.2) is 0 Å². The summed E-state index contributed by atoms with van der Waals surface area (Å²) in [7, 11) is -4.71. The molecule has 0 bridgehead atoms. The van der Waals surface area contributed by atoms with Crippen molar-refractivity contribution in [3.63, 3.8) is 0 Å². The van der Waals surface area contributed by atoms with Crippen molar-refractivity contribution in [1.29, 1.82) is 0 Å². The van der Waals surface area contributed by atoms with E-state index in [1.54, 1.807) is 0 Å². The lowest BCUT2D eigenvalue weighted by atomic mass is 10.4. The highest BCUT2D eigenvalue weighted by molar-refractivity contribution is 7.98. The summed E-state index contributed by atoms with van der Waals surface area (Å²) in [6.45, 7) is 16.9. The highest BCUT2D eigenvalue weighted by Gasteiger charge is 2.43. The lowest BCUT2D eigenvalue weighted by Crippen LogP contribution is -2.57. The first kappa shape index (κ1) is 40.2. The van der Waals surface area contributed by atoms with Crippen LogP contribution in [-0.2, 0) is 22.1 Å². The molecule has 0 aliphatic rings. The zero-order valence-corrected chi connectivity index (χ0v) is 30.6. The minimum absolute atomic E-state index is 0.684. The van der Waals surface area contributed by atoms with Crippen LogP contribution in [0.5, 0.6) is 0 Å². The van der Waals surface area contributed by atoms with Crippen LogP contribution in [0, 0.1) is 0 Å². The minimum atomic E-state index is -2.84. The van der Waals surface area contributed by atoms with Gasteiger partial charge >= 0.3 is 17.4 Å². The maximum atomic E-state index is 6.26. The predicted octanol–water partition coefficient (Wildman–Crippen LogP) is 9.02. The Morgan fingerprint density at radius 3 is 1.32 bits per heavy atom. The van der Waals surface area contributed by atoms with E-state index < -0.39 is 17.4 Å². The molecule has 9 heteroatoms. The van der Waals surface area contributed by atoms with Gasteiger partial charge in [0.15, 0.2) is 0 Å². The Hall–Kier alpha value is 0.154. The normalized spacial score (nSPS) is 11.9. The van der Waals surface area contributed by atoms with Gasteiger partial charge in [0.1, 0.15) is 0 Å². The molecule has 40 heavy (non-hydrogen) atoms. The van der Waals surface area contributed by atoms with Crippen molar-refractivity contribution in [1.82, 2.24) is 0 Å². The lowest BCUT2D eigenvalue weighted by Gasteiger charge is -2.30. The van der Waals surface area contributed by atoms with Gasteiger partial charge in [0, 0.05) is 43.1 Å². The van der Waals surface area contributed by atoms with Crippen LogP contribution < -0.4 is 5.19 Å². The third-order valence-electron chi connectivity index (χ3n) is 6.38. The molecule has 0 N–H and O–H groups in total. The third kappa shape index (κ3) is 19.4. The summed E-state index contributed by atoms with van der Waals surface area (Å²) in [5.74, 6) is 1.22. The molecule has 0 aromatic heterocycles. The molecule has 1 rings (SSSR count). The molecule has 5 nitrogen and oxygen atoms in total. The van der Waals surface area contributed by atoms with E-state index in [9.17, 15) is 0 Å². The molecule has 0 amide bonds. The van der Waals surface area contributed by atoms with Gasteiger partial charge < -0.3 is 22.1 Å². The summed E-state index contributed by atoms with van der Waals surface area (Å²) in [6, 6.07) is 9.18. The van der Waals surface area contributed by atoms with Gasteiger partial charge in [-0.15, -0.1) is 12.6 Å². The minimum Gasteiger partial charge on any atom is -0.394 e. The number of thioether (sulfide) groups is 1. The fourth-order valence-corrected chi connectivity index (χ4v) is 9.43. The Balaban J connectivity index is 0.000000799. The summed E-state index contributed by atoms with van der Waals surface area (Å²) in [4.78, 5) is 0.937. The highest BCUT2D eigenvalue weighted by atomic mass is 32.2. The summed E-state index contributed by atoms with van der Waals surface area (Å²) in [5, 5.41) is 1.04. The fraction of sp³-hybridized carbons (Fsp3) is 0.806. The Labute approximate surface area is 260 Å². The van der Waals surface area contributed by atoms with Crippen LogP contribution in [0.15, 0.2) is 29.2 Å². The average molecular weight is 635 g/mol. The van der Waals surface area contributed by atoms with Gasteiger partial charge in [-0.1, -0.05) is 78.9 Å². The van der Waals surface area contributed by atoms with Crippen molar-refractivity contribution in [2.75, 3.05) is 45.0 Å². The van der Waals surface area contributed by atoms with Crippen molar-refractivity contribution in [2.24, 2.45) is 0 Å². The number of unbranched alkanes of at least 4 members (excludes halogenated alkanes) is 5. The first-order valence-electron chi connectivity index (χ1n) is 15.8. The standard InChI is InChI=1S/C18H32O3SSi.C13H30O2SSi/c1-4-7-14-19-23(20-15-8-5-2,21-16-9-6-3)18-12-10-17(22)11-13-18;1-5-7-10-14-17(4,13-9-12-16-3)15-11-8-6-2/h10-13,22H,4-9,14-16H2,1-3H3;5-13H2,1-4H3. The Morgan fingerprint density at radius 1 is 0.600 bits per heavy atom. The van der Waals surface area contributed by atoms with E-state index >= 15 is 0 Å². The molecule has 0 atom stereocenters. The molecule has 1 aromatic carbocycles. The number of hydrogen-bond acceptors (Lipinski definition) is 7. The summed E-state index contributed by atoms with van der Waals surface area (Å²) in [5.41, 5.74) is 0. The van der Waals surface area contributed by atoms with Crippen molar-refractivity contribution in [3.05, 3.63) is 24.3 Å². The van der Waals surface area contributed by atoms with Crippen molar-refractivity contribution < 1.29 is 22.1 Å². The number of benzene rings is 1. The summed E-state index contributed by atoms with van der Waals surface area (Å²) in [6.07, 6.45) is 14.5. The predicted molar refractivity (Wildman–Crippen MR) is 183 cm³/mol. The SMILES string of the molecule is CCCCO[Si](C)(CCCSC)OCCCC.CCCCO[Si](OCCCC)(OCCCC)c1ccc(S)cc1. The van der Waals surface area contributed by atoms with E-state index in [4.69, 9.17) is 22.1 Å². The maximum Gasteiger partial charge on any atom is 0.537 e. The van der Waals surface area contributed by atoms with Gasteiger partial charge in [-0.3, -0.25) is 0 Å².